The minimum atomic E-state index is -0.369. The fourth-order valence-corrected chi connectivity index (χ4v) is 2.44. The minimum absolute atomic E-state index is 0.325. The van der Waals surface area contributed by atoms with Gasteiger partial charge in [0.05, 0.1) is 25.6 Å². The first-order valence-corrected chi connectivity index (χ1v) is 8.95. The first-order chi connectivity index (χ1) is 13.7. The van der Waals surface area contributed by atoms with Crippen LogP contribution in [0.5, 0.6) is 11.5 Å². The van der Waals surface area contributed by atoms with Crippen molar-refractivity contribution >= 4 is 12.1 Å². The monoisotopic (exact) mass is 378 g/mol. The van der Waals surface area contributed by atoms with Crippen LogP contribution in [-0.2, 0) is 0 Å². The van der Waals surface area contributed by atoms with Crippen molar-refractivity contribution in [1.82, 2.24) is 15.6 Å². The van der Waals surface area contributed by atoms with Gasteiger partial charge in [0.2, 0.25) is 0 Å². The number of benzene rings is 2. The van der Waals surface area contributed by atoms with E-state index in [1.165, 1.54) is 0 Å². The number of carbonyl (C=O) groups excluding carboxylic acids is 1. The molecule has 0 radical (unpaired) electrons. The summed E-state index contributed by atoms with van der Waals surface area (Å²) in [5.74, 6) is 1.20. The van der Waals surface area contributed by atoms with Crippen LogP contribution in [0.3, 0.4) is 0 Å². The second-order valence-corrected chi connectivity index (χ2v) is 6.01. The predicted octanol–water partition coefficient (Wildman–Crippen LogP) is 3.64. The highest BCUT2D eigenvalue weighted by Crippen LogP contribution is 2.21. The largest absolute Gasteiger partial charge is 0.497 e. The molecule has 1 amide bonds. The number of aromatic amines is 1. The molecule has 0 atom stereocenters. The summed E-state index contributed by atoms with van der Waals surface area (Å²) in [4.78, 5) is 12.2. The topological polar surface area (TPSA) is 88.6 Å². The van der Waals surface area contributed by atoms with Gasteiger partial charge in [0.1, 0.15) is 17.2 Å². The molecule has 2 N–H and O–H groups in total. The average Bonchev–Trinajstić information content (AvgIpc) is 3.23. The number of H-pyrrole nitrogens is 1. The third kappa shape index (κ3) is 4.97. The van der Waals surface area contributed by atoms with E-state index in [-0.39, 0.29) is 5.91 Å². The summed E-state index contributed by atoms with van der Waals surface area (Å²) >= 11 is 0. The summed E-state index contributed by atoms with van der Waals surface area (Å²) in [5.41, 5.74) is 5.21. The van der Waals surface area contributed by atoms with Crippen molar-refractivity contribution in [3.63, 3.8) is 0 Å². The van der Waals surface area contributed by atoms with Crippen LogP contribution in [0.2, 0.25) is 0 Å². The number of methoxy groups -OCH3 is 1. The normalized spacial score (nSPS) is 10.8. The first kappa shape index (κ1) is 19.2. The highest BCUT2D eigenvalue weighted by molar-refractivity contribution is 5.94. The zero-order valence-electron chi connectivity index (χ0n) is 15.8. The number of nitrogens with zero attached hydrogens (tertiary/aromatic N) is 2. The van der Waals surface area contributed by atoms with Crippen molar-refractivity contribution in [2.45, 2.75) is 13.3 Å². The van der Waals surface area contributed by atoms with Gasteiger partial charge in [-0.25, -0.2) is 5.43 Å². The SMILES string of the molecule is CCCOc1ccc(/C=N/NC(=O)c2cc(-c3ccc(OC)cc3)n[nH]2)cc1. The zero-order chi connectivity index (χ0) is 19.8. The van der Waals surface area contributed by atoms with Crippen LogP contribution < -0.4 is 14.9 Å². The molecule has 0 fully saturated rings. The number of rotatable bonds is 8. The molecule has 0 spiro atoms. The molecule has 0 aliphatic heterocycles. The van der Waals surface area contributed by atoms with E-state index in [0.717, 1.165) is 29.0 Å². The number of carbonyl (C=O) groups is 1. The number of hydrogen-bond donors (Lipinski definition) is 2. The standard InChI is InChI=1S/C21H22N4O3/c1-3-12-28-18-8-4-15(5-9-18)14-22-25-21(26)20-13-19(23-24-20)16-6-10-17(27-2)11-7-16/h4-11,13-14H,3,12H2,1-2H3,(H,23,24)(H,25,26)/b22-14+. The van der Waals surface area contributed by atoms with Gasteiger partial charge in [0.25, 0.3) is 5.91 Å². The minimum Gasteiger partial charge on any atom is -0.497 e. The van der Waals surface area contributed by atoms with E-state index in [2.05, 4.69) is 27.6 Å². The van der Waals surface area contributed by atoms with E-state index in [1.807, 2.05) is 48.5 Å². The van der Waals surface area contributed by atoms with Crippen LogP contribution in [0.25, 0.3) is 11.3 Å². The lowest BCUT2D eigenvalue weighted by molar-refractivity contribution is 0.0950. The summed E-state index contributed by atoms with van der Waals surface area (Å²) in [6, 6.07) is 16.6. The summed E-state index contributed by atoms with van der Waals surface area (Å²) in [5, 5.41) is 10.9. The Balaban J connectivity index is 1.57. The molecule has 1 aromatic heterocycles. The maximum absolute atomic E-state index is 12.2. The van der Waals surface area contributed by atoms with Gasteiger partial charge < -0.3 is 9.47 Å². The fourth-order valence-electron chi connectivity index (χ4n) is 2.44. The molecule has 0 saturated carbocycles. The molecule has 0 aliphatic carbocycles. The molecule has 0 saturated heterocycles. The van der Waals surface area contributed by atoms with Crippen LogP contribution in [0, 0.1) is 0 Å². The second-order valence-electron chi connectivity index (χ2n) is 6.01. The number of hydrazone groups is 1. The molecule has 0 bridgehead atoms. The van der Waals surface area contributed by atoms with Crippen molar-refractivity contribution in [1.29, 1.82) is 0 Å². The van der Waals surface area contributed by atoms with Gasteiger partial charge in [-0.1, -0.05) is 6.92 Å². The molecule has 3 rings (SSSR count). The number of amides is 1. The van der Waals surface area contributed by atoms with Gasteiger partial charge in [-0.2, -0.15) is 10.2 Å². The highest BCUT2D eigenvalue weighted by Gasteiger charge is 2.10. The number of ether oxygens (including phenoxy) is 2. The number of aromatic nitrogens is 2. The van der Waals surface area contributed by atoms with Gasteiger partial charge in [-0.15, -0.1) is 0 Å². The third-order valence-electron chi connectivity index (χ3n) is 3.94. The van der Waals surface area contributed by atoms with E-state index < -0.39 is 0 Å². The quantitative estimate of drug-likeness (QED) is 0.463. The van der Waals surface area contributed by atoms with Crippen molar-refractivity contribution in [2.75, 3.05) is 13.7 Å². The van der Waals surface area contributed by atoms with Gasteiger partial charge in [-0.05, 0) is 66.6 Å². The van der Waals surface area contributed by atoms with E-state index in [1.54, 1.807) is 19.4 Å². The molecule has 0 unspecified atom stereocenters. The summed E-state index contributed by atoms with van der Waals surface area (Å²) in [6.45, 7) is 2.75. The first-order valence-electron chi connectivity index (χ1n) is 8.95. The molecule has 7 nitrogen and oxygen atoms in total. The Morgan fingerprint density at radius 3 is 2.54 bits per heavy atom. The van der Waals surface area contributed by atoms with Crippen LogP contribution in [-0.4, -0.2) is 36.0 Å². The van der Waals surface area contributed by atoms with Crippen molar-refractivity contribution in [3.05, 3.63) is 65.9 Å². The van der Waals surface area contributed by atoms with E-state index in [9.17, 15) is 4.79 Å². The Morgan fingerprint density at radius 1 is 1.14 bits per heavy atom. The third-order valence-corrected chi connectivity index (χ3v) is 3.94. The van der Waals surface area contributed by atoms with Gasteiger partial charge >= 0.3 is 0 Å². The van der Waals surface area contributed by atoms with E-state index in [4.69, 9.17) is 9.47 Å². The Bertz CT molecular complexity index is 931. The summed E-state index contributed by atoms with van der Waals surface area (Å²) in [7, 11) is 1.61. The van der Waals surface area contributed by atoms with Gasteiger partial charge in [0.15, 0.2) is 0 Å². The van der Waals surface area contributed by atoms with Crippen LogP contribution >= 0.6 is 0 Å². The van der Waals surface area contributed by atoms with Crippen LogP contribution in [0.1, 0.15) is 29.4 Å². The predicted molar refractivity (Wildman–Crippen MR) is 108 cm³/mol. The Morgan fingerprint density at radius 2 is 1.86 bits per heavy atom. The molecular weight excluding hydrogens is 356 g/mol. The Labute approximate surface area is 163 Å². The summed E-state index contributed by atoms with van der Waals surface area (Å²) in [6.07, 6.45) is 2.53. The van der Waals surface area contributed by atoms with Crippen molar-refractivity contribution in [2.24, 2.45) is 5.10 Å². The smallest absolute Gasteiger partial charge is 0.289 e. The lowest BCUT2D eigenvalue weighted by atomic mass is 10.1. The lowest BCUT2D eigenvalue weighted by Crippen LogP contribution is -2.17. The molecule has 0 aliphatic rings. The molecular formula is C21H22N4O3. The fraction of sp³-hybridized carbons (Fsp3) is 0.190. The van der Waals surface area contributed by atoms with Crippen molar-refractivity contribution < 1.29 is 14.3 Å². The zero-order valence-corrected chi connectivity index (χ0v) is 15.8. The second kappa shape index (κ2) is 9.36. The van der Waals surface area contributed by atoms with Gasteiger partial charge in [-0.3, -0.25) is 9.89 Å². The number of hydrogen-bond acceptors (Lipinski definition) is 5. The molecule has 3 aromatic rings. The summed E-state index contributed by atoms with van der Waals surface area (Å²) < 4.78 is 10.7. The average molecular weight is 378 g/mol. The van der Waals surface area contributed by atoms with Gasteiger partial charge in [0, 0.05) is 5.56 Å². The lowest BCUT2D eigenvalue weighted by Gasteiger charge is -2.03. The molecule has 144 valence electrons. The molecule has 28 heavy (non-hydrogen) atoms. The van der Waals surface area contributed by atoms with E-state index in [0.29, 0.717) is 18.0 Å². The Kier molecular flexibility index (Phi) is 6.41. The number of nitrogens with one attached hydrogen (secondary N) is 2. The molecule has 1 heterocycles. The molecule has 2 aromatic carbocycles. The Hall–Kier alpha value is -3.61. The molecule has 7 heteroatoms. The maximum atomic E-state index is 12.2. The maximum Gasteiger partial charge on any atom is 0.289 e. The van der Waals surface area contributed by atoms with E-state index >= 15 is 0 Å². The van der Waals surface area contributed by atoms with Crippen molar-refractivity contribution in [3.8, 4) is 22.8 Å². The van der Waals surface area contributed by atoms with Crippen LogP contribution in [0.4, 0.5) is 0 Å². The van der Waals surface area contributed by atoms with Crippen LogP contribution in [0.15, 0.2) is 59.7 Å². The highest BCUT2D eigenvalue weighted by atomic mass is 16.5.